The van der Waals surface area contributed by atoms with Crippen molar-refractivity contribution in [3.8, 4) is 11.4 Å². The molecule has 10 heteroatoms. The van der Waals surface area contributed by atoms with E-state index >= 15 is 0 Å². The fourth-order valence-electron chi connectivity index (χ4n) is 2.03. The molecule has 3 aromatic rings. The molecule has 0 spiro atoms. The van der Waals surface area contributed by atoms with Crippen molar-refractivity contribution >= 4 is 34.9 Å². The van der Waals surface area contributed by atoms with Crippen molar-refractivity contribution in [3.05, 3.63) is 52.8 Å². The van der Waals surface area contributed by atoms with Gasteiger partial charge in [0.05, 0.1) is 5.75 Å². The minimum absolute atomic E-state index is 0.0190. The Balaban J connectivity index is 1.37. The number of halogens is 1. The Morgan fingerprint density at radius 3 is 2.78 bits per heavy atom. The SMILES string of the molecule is O=C(CCc1nc(-c2ccsc2)no1)NNC(=O)CSc1ccccc1F. The summed E-state index contributed by atoms with van der Waals surface area (Å²) in [4.78, 5) is 28.1. The van der Waals surface area contributed by atoms with Gasteiger partial charge in [0.2, 0.25) is 23.5 Å². The monoisotopic (exact) mass is 406 g/mol. The average Bonchev–Trinajstić information content (AvgIpc) is 3.35. The molecule has 0 saturated heterocycles. The second kappa shape index (κ2) is 9.28. The van der Waals surface area contributed by atoms with Crippen molar-refractivity contribution in [2.24, 2.45) is 0 Å². The molecule has 3 rings (SSSR count). The third kappa shape index (κ3) is 5.63. The van der Waals surface area contributed by atoms with Gasteiger partial charge in [-0.3, -0.25) is 20.4 Å². The smallest absolute Gasteiger partial charge is 0.248 e. The highest BCUT2D eigenvalue weighted by molar-refractivity contribution is 8.00. The highest BCUT2D eigenvalue weighted by atomic mass is 32.2. The van der Waals surface area contributed by atoms with Gasteiger partial charge in [-0.25, -0.2) is 4.39 Å². The number of hydrazine groups is 1. The Bertz CT molecular complexity index is 915. The topological polar surface area (TPSA) is 97.1 Å². The predicted molar refractivity (Wildman–Crippen MR) is 99.3 cm³/mol. The molecular formula is C17H15FN4O3S2. The third-order valence-electron chi connectivity index (χ3n) is 3.35. The van der Waals surface area contributed by atoms with Gasteiger partial charge in [-0.15, -0.1) is 11.8 Å². The number of carbonyl (C=O) groups is 2. The van der Waals surface area contributed by atoms with Crippen LogP contribution in [0.4, 0.5) is 4.39 Å². The number of nitrogens with one attached hydrogen (secondary N) is 2. The summed E-state index contributed by atoms with van der Waals surface area (Å²) in [5.74, 6) is -0.420. The Morgan fingerprint density at radius 1 is 1.19 bits per heavy atom. The van der Waals surface area contributed by atoms with E-state index in [9.17, 15) is 14.0 Å². The molecule has 0 aliphatic heterocycles. The molecule has 0 fully saturated rings. The second-order valence-electron chi connectivity index (χ2n) is 5.34. The van der Waals surface area contributed by atoms with Gasteiger partial charge in [-0.2, -0.15) is 16.3 Å². The van der Waals surface area contributed by atoms with Gasteiger partial charge in [-0.05, 0) is 23.6 Å². The molecule has 2 heterocycles. The molecule has 0 aliphatic carbocycles. The first kappa shape index (κ1) is 19.1. The molecule has 0 saturated carbocycles. The number of thiophene rings is 1. The molecule has 2 aromatic heterocycles. The van der Waals surface area contributed by atoms with Crippen molar-refractivity contribution < 1.29 is 18.5 Å². The number of rotatable bonds is 7. The number of amides is 2. The molecule has 2 amide bonds. The molecule has 0 bridgehead atoms. The van der Waals surface area contributed by atoms with E-state index in [4.69, 9.17) is 4.52 Å². The summed E-state index contributed by atoms with van der Waals surface area (Å²) in [5.41, 5.74) is 5.45. The zero-order chi connectivity index (χ0) is 19.1. The molecule has 140 valence electrons. The molecule has 2 N–H and O–H groups in total. The molecule has 0 aliphatic rings. The van der Waals surface area contributed by atoms with E-state index in [1.807, 2.05) is 16.8 Å². The summed E-state index contributed by atoms with van der Waals surface area (Å²) in [6, 6.07) is 8.05. The molecule has 0 radical (unpaired) electrons. The van der Waals surface area contributed by atoms with Crippen molar-refractivity contribution in [2.75, 3.05) is 5.75 Å². The van der Waals surface area contributed by atoms with Crippen LogP contribution in [0.5, 0.6) is 0 Å². The molecule has 0 unspecified atom stereocenters. The number of aromatic nitrogens is 2. The molecule has 27 heavy (non-hydrogen) atoms. The zero-order valence-electron chi connectivity index (χ0n) is 14.0. The lowest BCUT2D eigenvalue weighted by atomic mass is 10.3. The maximum absolute atomic E-state index is 13.5. The number of nitrogens with zero attached hydrogens (tertiary/aromatic N) is 2. The van der Waals surface area contributed by atoms with E-state index in [0.29, 0.717) is 16.6 Å². The maximum atomic E-state index is 13.5. The summed E-state index contributed by atoms with van der Waals surface area (Å²) in [5, 5.41) is 7.66. The number of carbonyl (C=O) groups excluding carboxylic acids is 2. The molecular weight excluding hydrogens is 391 g/mol. The number of hydrogen-bond acceptors (Lipinski definition) is 7. The minimum Gasteiger partial charge on any atom is -0.339 e. The molecule has 0 atom stereocenters. The van der Waals surface area contributed by atoms with Gasteiger partial charge >= 0.3 is 0 Å². The van der Waals surface area contributed by atoms with Crippen LogP contribution >= 0.6 is 23.1 Å². The summed E-state index contributed by atoms with van der Waals surface area (Å²) in [6.07, 6.45) is 0.328. The number of hydrogen-bond donors (Lipinski definition) is 2. The van der Waals surface area contributed by atoms with E-state index in [2.05, 4.69) is 21.0 Å². The lowest BCUT2D eigenvalue weighted by Gasteiger charge is -2.07. The van der Waals surface area contributed by atoms with Gasteiger partial charge < -0.3 is 4.52 Å². The largest absolute Gasteiger partial charge is 0.339 e. The lowest BCUT2D eigenvalue weighted by Crippen LogP contribution is -2.42. The van der Waals surface area contributed by atoms with Crippen molar-refractivity contribution in [3.63, 3.8) is 0 Å². The number of benzene rings is 1. The van der Waals surface area contributed by atoms with E-state index in [0.717, 1.165) is 17.3 Å². The Labute approximate surface area is 162 Å². The van der Waals surface area contributed by atoms with Crippen LogP contribution in [-0.4, -0.2) is 27.7 Å². The molecule has 1 aromatic carbocycles. The second-order valence-corrected chi connectivity index (χ2v) is 7.14. The maximum Gasteiger partial charge on any atom is 0.248 e. The quantitative estimate of drug-likeness (QED) is 0.463. The third-order valence-corrected chi connectivity index (χ3v) is 5.08. The fourth-order valence-corrected chi connectivity index (χ4v) is 3.40. The number of aryl methyl sites for hydroxylation is 1. The zero-order valence-corrected chi connectivity index (χ0v) is 15.6. The Hall–Kier alpha value is -2.72. The van der Waals surface area contributed by atoms with E-state index in [1.165, 1.54) is 17.4 Å². The van der Waals surface area contributed by atoms with Crippen LogP contribution in [0, 0.1) is 5.82 Å². The van der Waals surface area contributed by atoms with Crippen LogP contribution in [0.2, 0.25) is 0 Å². The van der Waals surface area contributed by atoms with Gasteiger partial charge in [0.15, 0.2) is 0 Å². The summed E-state index contributed by atoms with van der Waals surface area (Å²) in [6.45, 7) is 0. The van der Waals surface area contributed by atoms with Crippen molar-refractivity contribution in [2.45, 2.75) is 17.7 Å². The van der Waals surface area contributed by atoms with Crippen LogP contribution in [0.25, 0.3) is 11.4 Å². The van der Waals surface area contributed by atoms with Crippen molar-refractivity contribution in [1.29, 1.82) is 0 Å². The van der Waals surface area contributed by atoms with Crippen LogP contribution in [0.3, 0.4) is 0 Å². The Morgan fingerprint density at radius 2 is 2.00 bits per heavy atom. The minimum atomic E-state index is -0.436. The van der Waals surface area contributed by atoms with Crippen LogP contribution in [0.15, 0.2) is 50.5 Å². The first-order valence-corrected chi connectivity index (χ1v) is 9.85. The van der Waals surface area contributed by atoms with Crippen LogP contribution in [-0.2, 0) is 16.0 Å². The van der Waals surface area contributed by atoms with E-state index in [-0.39, 0.29) is 24.4 Å². The fraction of sp³-hybridized carbons (Fsp3) is 0.176. The summed E-state index contributed by atoms with van der Waals surface area (Å²) < 4.78 is 18.6. The highest BCUT2D eigenvalue weighted by Crippen LogP contribution is 2.20. The van der Waals surface area contributed by atoms with E-state index in [1.54, 1.807) is 18.2 Å². The first-order valence-electron chi connectivity index (χ1n) is 7.92. The first-order chi connectivity index (χ1) is 13.1. The van der Waals surface area contributed by atoms with Crippen molar-refractivity contribution in [1.82, 2.24) is 21.0 Å². The highest BCUT2D eigenvalue weighted by Gasteiger charge is 2.12. The van der Waals surface area contributed by atoms with Gasteiger partial charge in [-0.1, -0.05) is 17.3 Å². The lowest BCUT2D eigenvalue weighted by molar-refractivity contribution is -0.127. The normalized spacial score (nSPS) is 10.6. The summed E-state index contributed by atoms with van der Waals surface area (Å²) >= 11 is 2.57. The molecule has 7 nitrogen and oxygen atoms in total. The standard InChI is InChI=1S/C17H15FN4O3S2/c18-12-3-1-2-4-13(12)27-10-15(24)21-20-14(23)5-6-16-19-17(22-25-16)11-7-8-26-9-11/h1-4,7-9H,5-6,10H2,(H,20,23)(H,21,24). The summed E-state index contributed by atoms with van der Waals surface area (Å²) in [7, 11) is 0. The number of thioether (sulfide) groups is 1. The van der Waals surface area contributed by atoms with Gasteiger partial charge in [0.25, 0.3) is 0 Å². The Kier molecular flexibility index (Phi) is 6.55. The predicted octanol–water partition coefficient (Wildman–Crippen LogP) is 2.81. The van der Waals surface area contributed by atoms with Crippen LogP contribution in [0.1, 0.15) is 12.3 Å². The average molecular weight is 406 g/mol. The van der Waals surface area contributed by atoms with E-state index < -0.39 is 11.8 Å². The van der Waals surface area contributed by atoms with Crippen LogP contribution < -0.4 is 10.9 Å². The van der Waals surface area contributed by atoms with Gasteiger partial charge in [0.1, 0.15) is 5.82 Å². The van der Waals surface area contributed by atoms with Gasteiger partial charge in [0, 0.05) is 28.7 Å².